The van der Waals surface area contributed by atoms with Gasteiger partial charge in [0, 0.05) is 23.0 Å². The summed E-state index contributed by atoms with van der Waals surface area (Å²) in [6, 6.07) is 13.5. The molecule has 0 spiro atoms. The van der Waals surface area contributed by atoms with Crippen LogP contribution in [-0.4, -0.2) is 30.1 Å². The second-order valence-electron chi connectivity index (χ2n) is 5.94. The van der Waals surface area contributed by atoms with Crippen LogP contribution in [0.4, 0.5) is 5.69 Å². The molecule has 3 aromatic rings. The average molecular weight is 295 g/mol. The topological polar surface area (TPSA) is 51.3 Å². The molecule has 0 unspecified atom stereocenters. The lowest BCUT2D eigenvalue weighted by atomic mass is 10.1. The number of hydrogen-bond acceptors (Lipinski definition) is 3. The number of rotatable bonds is 4. The van der Waals surface area contributed by atoms with Crippen molar-refractivity contribution in [2.75, 3.05) is 26.4 Å². The van der Waals surface area contributed by atoms with E-state index in [2.05, 4.69) is 4.90 Å². The number of nitrogen functional groups attached to an aromatic ring is 1. The molecule has 0 saturated carbocycles. The molecule has 1 aromatic heterocycles. The van der Waals surface area contributed by atoms with Crippen molar-refractivity contribution in [2.45, 2.75) is 13.0 Å². The number of anilines is 1. The SMILES string of the molecule is CN(C)CCCn1c(=O)c2ccccc2c2cc(N)ccc21. The van der Waals surface area contributed by atoms with E-state index in [9.17, 15) is 4.79 Å². The monoisotopic (exact) mass is 295 g/mol. The van der Waals surface area contributed by atoms with Crippen LogP contribution in [0.1, 0.15) is 6.42 Å². The van der Waals surface area contributed by atoms with Crippen LogP contribution >= 0.6 is 0 Å². The van der Waals surface area contributed by atoms with E-state index in [1.54, 1.807) is 0 Å². The second kappa shape index (κ2) is 5.81. The molecule has 4 nitrogen and oxygen atoms in total. The lowest BCUT2D eigenvalue weighted by Gasteiger charge is -2.15. The summed E-state index contributed by atoms with van der Waals surface area (Å²) in [6.07, 6.45) is 0.935. The van der Waals surface area contributed by atoms with Gasteiger partial charge in [0.05, 0.1) is 5.52 Å². The molecule has 3 rings (SSSR count). The fourth-order valence-corrected chi connectivity index (χ4v) is 2.93. The Labute approximate surface area is 129 Å². The summed E-state index contributed by atoms with van der Waals surface area (Å²) in [7, 11) is 4.09. The number of fused-ring (bicyclic) bond motifs is 3. The van der Waals surface area contributed by atoms with Crippen molar-refractivity contribution in [3.8, 4) is 0 Å². The van der Waals surface area contributed by atoms with Crippen molar-refractivity contribution in [3.63, 3.8) is 0 Å². The van der Waals surface area contributed by atoms with Gasteiger partial charge in [0.25, 0.3) is 5.56 Å². The molecule has 0 aliphatic rings. The van der Waals surface area contributed by atoms with Crippen LogP contribution in [0, 0.1) is 0 Å². The van der Waals surface area contributed by atoms with E-state index in [4.69, 9.17) is 5.73 Å². The third kappa shape index (κ3) is 2.57. The highest BCUT2D eigenvalue weighted by Gasteiger charge is 2.10. The highest BCUT2D eigenvalue weighted by Crippen LogP contribution is 2.24. The Morgan fingerprint density at radius 2 is 1.77 bits per heavy atom. The first-order valence-corrected chi connectivity index (χ1v) is 7.53. The van der Waals surface area contributed by atoms with Gasteiger partial charge in [-0.15, -0.1) is 0 Å². The van der Waals surface area contributed by atoms with E-state index >= 15 is 0 Å². The summed E-state index contributed by atoms with van der Waals surface area (Å²) in [5.41, 5.74) is 7.70. The Morgan fingerprint density at radius 3 is 2.50 bits per heavy atom. The highest BCUT2D eigenvalue weighted by molar-refractivity contribution is 6.06. The predicted octanol–water partition coefficient (Wildman–Crippen LogP) is 2.69. The van der Waals surface area contributed by atoms with Crippen molar-refractivity contribution in [2.24, 2.45) is 0 Å². The smallest absolute Gasteiger partial charge is 0.258 e. The number of nitrogens with zero attached hydrogens (tertiary/aromatic N) is 2. The Balaban J connectivity index is 2.24. The van der Waals surface area contributed by atoms with Crippen molar-refractivity contribution in [1.82, 2.24) is 9.47 Å². The van der Waals surface area contributed by atoms with Gasteiger partial charge in [0.2, 0.25) is 0 Å². The minimum absolute atomic E-state index is 0.0756. The van der Waals surface area contributed by atoms with Gasteiger partial charge in [0.15, 0.2) is 0 Å². The summed E-state index contributed by atoms with van der Waals surface area (Å²) < 4.78 is 1.88. The van der Waals surface area contributed by atoms with E-state index < -0.39 is 0 Å². The van der Waals surface area contributed by atoms with Crippen LogP contribution in [0.5, 0.6) is 0 Å². The Bertz CT molecular complexity index is 881. The third-order valence-electron chi connectivity index (χ3n) is 3.99. The maximum Gasteiger partial charge on any atom is 0.258 e. The number of benzene rings is 2. The normalized spacial score (nSPS) is 11.6. The van der Waals surface area contributed by atoms with Gasteiger partial charge in [-0.3, -0.25) is 4.79 Å². The maximum absolute atomic E-state index is 12.8. The van der Waals surface area contributed by atoms with E-state index in [-0.39, 0.29) is 5.56 Å². The largest absolute Gasteiger partial charge is 0.399 e. The van der Waals surface area contributed by atoms with Gasteiger partial charge < -0.3 is 15.2 Å². The predicted molar refractivity (Wildman–Crippen MR) is 93.3 cm³/mol. The Kier molecular flexibility index (Phi) is 3.86. The third-order valence-corrected chi connectivity index (χ3v) is 3.99. The molecule has 0 bridgehead atoms. The van der Waals surface area contributed by atoms with E-state index in [1.807, 2.05) is 61.1 Å². The minimum atomic E-state index is 0.0756. The zero-order valence-corrected chi connectivity index (χ0v) is 13.0. The highest BCUT2D eigenvalue weighted by atomic mass is 16.1. The molecule has 0 radical (unpaired) electrons. The number of aryl methyl sites for hydroxylation is 1. The number of hydrogen-bond donors (Lipinski definition) is 1. The minimum Gasteiger partial charge on any atom is -0.399 e. The van der Waals surface area contributed by atoms with Crippen LogP contribution in [0.3, 0.4) is 0 Å². The Morgan fingerprint density at radius 1 is 1.05 bits per heavy atom. The maximum atomic E-state index is 12.8. The van der Waals surface area contributed by atoms with Crippen molar-refractivity contribution < 1.29 is 0 Å². The van der Waals surface area contributed by atoms with Crippen LogP contribution in [0.2, 0.25) is 0 Å². The van der Waals surface area contributed by atoms with Crippen molar-refractivity contribution >= 4 is 27.4 Å². The summed E-state index contributed by atoms with van der Waals surface area (Å²) in [5, 5.41) is 2.77. The zero-order valence-electron chi connectivity index (χ0n) is 13.0. The van der Waals surface area contributed by atoms with Crippen molar-refractivity contribution in [3.05, 3.63) is 52.8 Å². The lowest BCUT2D eigenvalue weighted by Crippen LogP contribution is -2.23. The molecule has 0 atom stereocenters. The molecule has 114 valence electrons. The van der Waals surface area contributed by atoms with Crippen LogP contribution in [0.15, 0.2) is 47.3 Å². The number of nitrogens with two attached hydrogens (primary N) is 1. The molecule has 22 heavy (non-hydrogen) atoms. The molecule has 2 aromatic carbocycles. The van der Waals surface area contributed by atoms with E-state index in [0.29, 0.717) is 6.54 Å². The van der Waals surface area contributed by atoms with Crippen LogP contribution in [-0.2, 0) is 6.54 Å². The summed E-state index contributed by atoms with van der Waals surface area (Å²) in [6.45, 7) is 1.66. The summed E-state index contributed by atoms with van der Waals surface area (Å²) >= 11 is 0. The number of aromatic nitrogens is 1. The molecular formula is C18H21N3O. The van der Waals surface area contributed by atoms with Crippen LogP contribution < -0.4 is 11.3 Å². The fourth-order valence-electron chi connectivity index (χ4n) is 2.93. The van der Waals surface area contributed by atoms with Crippen molar-refractivity contribution in [1.29, 1.82) is 0 Å². The first-order chi connectivity index (χ1) is 10.6. The molecule has 0 aliphatic heterocycles. The summed E-state index contributed by atoms with van der Waals surface area (Å²) in [5.74, 6) is 0. The van der Waals surface area contributed by atoms with Gasteiger partial charge in [-0.05, 0) is 56.7 Å². The quantitative estimate of drug-likeness (QED) is 0.595. The van der Waals surface area contributed by atoms with Gasteiger partial charge in [0.1, 0.15) is 0 Å². The Hall–Kier alpha value is -2.33. The first kappa shape index (κ1) is 14.6. The van der Waals surface area contributed by atoms with E-state index in [0.717, 1.165) is 40.3 Å². The molecule has 0 saturated heterocycles. The molecule has 2 N–H and O–H groups in total. The van der Waals surface area contributed by atoms with Gasteiger partial charge in [-0.25, -0.2) is 0 Å². The van der Waals surface area contributed by atoms with Gasteiger partial charge >= 0.3 is 0 Å². The molecule has 0 amide bonds. The first-order valence-electron chi connectivity index (χ1n) is 7.53. The molecule has 0 aliphatic carbocycles. The molecule has 0 fully saturated rings. The van der Waals surface area contributed by atoms with Gasteiger partial charge in [-0.1, -0.05) is 18.2 Å². The molecule has 1 heterocycles. The van der Waals surface area contributed by atoms with Crippen LogP contribution in [0.25, 0.3) is 21.7 Å². The lowest BCUT2D eigenvalue weighted by molar-refractivity contribution is 0.387. The standard InChI is InChI=1S/C18H21N3O/c1-20(2)10-5-11-21-17-9-8-13(19)12-16(17)14-6-3-4-7-15(14)18(21)22/h3-4,6-9,12H,5,10-11,19H2,1-2H3. The average Bonchev–Trinajstić information content (AvgIpc) is 2.50. The zero-order chi connectivity index (χ0) is 15.7. The summed E-state index contributed by atoms with van der Waals surface area (Å²) in [4.78, 5) is 15.0. The number of pyridine rings is 1. The molecular weight excluding hydrogens is 274 g/mol. The van der Waals surface area contributed by atoms with E-state index in [1.165, 1.54) is 0 Å². The molecule has 4 heteroatoms. The second-order valence-corrected chi connectivity index (χ2v) is 5.94. The van der Waals surface area contributed by atoms with Gasteiger partial charge in [-0.2, -0.15) is 0 Å². The fraction of sp³-hybridized carbons (Fsp3) is 0.278.